The number of thiophene rings is 1. The molecule has 1 N–H and O–H groups in total. The van der Waals surface area contributed by atoms with Crippen LogP contribution < -0.4 is 10.1 Å². The molecule has 6 heteroatoms. The van der Waals surface area contributed by atoms with Crippen molar-refractivity contribution in [2.24, 2.45) is 5.92 Å². The first-order chi connectivity index (χ1) is 13.2. The number of benzene rings is 1. The first kappa shape index (κ1) is 19.4. The van der Waals surface area contributed by atoms with Crippen LogP contribution in [0.15, 0.2) is 41.8 Å². The minimum atomic E-state index is 0.00616. The van der Waals surface area contributed by atoms with Gasteiger partial charge in [0.15, 0.2) is 0 Å². The molecule has 1 saturated heterocycles. The van der Waals surface area contributed by atoms with E-state index in [1.807, 2.05) is 46.7 Å². The van der Waals surface area contributed by atoms with Gasteiger partial charge in [0.1, 0.15) is 5.75 Å². The Bertz CT molecular complexity index is 735. The highest BCUT2D eigenvalue weighted by Gasteiger charge is 2.27. The largest absolute Gasteiger partial charge is 0.497 e. The number of carbonyl (C=O) groups is 2. The molecule has 144 valence electrons. The van der Waals surface area contributed by atoms with Gasteiger partial charge in [-0.05, 0) is 48.4 Å². The summed E-state index contributed by atoms with van der Waals surface area (Å²) in [6.07, 6.45) is 2.75. The zero-order chi connectivity index (χ0) is 19.1. The van der Waals surface area contributed by atoms with Crippen LogP contribution in [-0.4, -0.2) is 43.5 Å². The first-order valence-electron chi connectivity index (χ1n) is 9.36. The minimum Gasteiger partial charge on any atom is -0.497 e. The Kier molecular flexibility index (Phi) is 6.87. The molecule has 0 saturated carbocycles. The minimum absolute atomic E-state index is 0.00616. The van der Waals surface area contributed by atoms with Crippen LogP contribution in [0.4, 0.5) is 0 Å². The number of hydrogen-bond acceptors (Lipinski definition) is 4. The Labute approximate surface area is 164 Å². The number of methoxy groups -OCH3 is 1. The SMILES string of the molecule is COc1ccc(CCNC(=O)C2CCN(C(=O)Cc3cccs3)CC2)cc1. The fourth-order valence-corrected chi connectivity index (χ4v) is 4.03. The highest BCUT2D eigenvalue weighted by molar-refractivity contribution is 7.10. The average molecular weight is 387 g/mol. The second-order valence-electron chi connectivity index (χ2n) is 6.80. The average Bonchev–Trinajstić information content (AvgIpc) is 3.21. The van der Waals surface area contributed by atoms with E-state index in [0.717, 1.165) is 29.9 Å². The van der Waals surface area contributed by atoms with Crippen LogP contribution in [0.1, 0.15) is 23.3 Å². The van der Waals surface area contributed by atoms with E-state index in [0.29, 0.717) is 26.1 Å². The number of nitrogens with one attached hydrogen (secondary N) is 1. The van der Waals surface area contributed by atoms with Gasteiger partial charge in [0.2, 0.25) is 11.8 Å². The van der Waals surface area contributed by atoms with Gasteiger partial charge in [-0.3, -0.25) is 9.59 Å². The van der Waals surface area contributed by atoms with Crippen molar-refractivity contribution in [2.75, 3.05) is 26.7 Å². The van der Waals surface area contributed by atoms with Gasteiger partial charge in [0, 0.05) is 30.4 Å². The van der Waals surface area contributed by atoms with Crippen LogP contribution in [-0.2, 0) is 22.4 Å². The van der Waals surface area contributed by atoms with Crippen molar-refractivity contribution in [1.29, 1.82) is 0 Å². The van der Waals surface area contributed by atoms with Gasteiger partial charge in [-0.15, -0.1) is 11.3 Å². The molecule has 2 aromatic rings. The van der Waals surface area contributed by atoms with Crippen LogP contribution in [0, 0.1) is 5.92 Å². The maximum absolute atomic E-state index is 12.4. The smallest absolute Gasteiger partial charge is 0.227 e. The van der Waals surface area contributed by atoms with Gasteiger partial charge < -0.3 is 15.0 Å². The number of piperidine rings is 1. The second kappa shape index (κ2) is 9.55. The van der Waals surface area contributed by atoms with Gasteiger partial charge in [0.05, 0.1) is 13.5 Å². The van der Waals surface area contributed by atoms with Crippen molar-refractivity contribution in [3.63, 3.8) is 0 Å². The zero-order valence-corrected chi connectivity index (χ0v) is 16.5. The zero-order valence-electron chi connectivity index (χ0n) is 15.6. The van der Waals surface area contributed by atoms with Gasteiger partial charge in [-0.25, -0.2) is 0 Å². The van der Waals surface area contributed by atoms with E-state index in [9.17, 15) is 9.59 Å². The molecule has 0 atom stereocenters. The molecule has 1 aliphatic heterocycles. The Hall–Kier alpha value is -2.34. The molecule has 0 aliphatic carbocycles. The number of likely N-dealkylation sites (tertiary alicyclic amines) is 1. The maximum atomic E-state index is 12.4. The van der Waals surface area contributed by atoms with E-state index in [1.165, 1.54) is 5.56 Å². The van der Waals surface area contributed by atoms with Crippen molar-refractivity contribution in [2.45, 2.75) is 25.7 Å². The van der Waals surface area contributed by atoms with Crippen LogP contribution in [0.2, 0.25) is 0 Å². The first-order valence-corrected chi connectivity index (χ1v) is 10.2. The molecule has 2 heterocycles. The second-order valence-corrected chi connectivity index (χ2v) is 7.83. The summed E-state index contributed by atoms with van der Waals surface area (Å²) in [4.78, 5) is 27.7. The molecular formula is C21H26N2O3S. The van der Waals surface area contributed by atoms with Gasteiger partial charge in [-0.2, -0.15) is 0 Å². The lowest BCUT2D eigenvalue weighted by molar-refractivity contribution is -0.135. The van der Waals surface area contributed by atoms with E-state index >= 15 is 0 Å². The number of ether oxygens (including phenoxy) is 1. The lowest BCUT2D eigenvalue weighted by Gasteiger charge is -2.31. The van der Waals surface area contributed by atoms with Crippen LogP contribution >= 0.6 is 11.3 Å². The molecule has 0 radical (unpaired) electrons. The number of nitrogens with zero attached hydrogens (tertiary/aromatic N) is 1. The fraction of sp³-hybridized carbons (Fsp3) is 0.429. The summed E-state index contributed by atoms with van der Waals surface area (Å²) < 4.78 is 5.15. The third-order valence-corrected chi connectivity index (χ3v) is 5.87. The van der Waals surface area contributed by atoms with Crippen LogP contribution in [0.5, 0.6) is 5.75 Å². The predicted molar refractivity (Wildman–Crippen MR) is 107 cm³/mol. The molecule has 1 fully saturated rings. The van der Waals surface area contributed by atoms with Crippen molar-refractivity contribution in [1.82, 2.24) is 10.2 Å². The maximum Gasteiger partial charge on any atom is 0.227 e. The Balaban J connectivity index is 1.37. The lowest BCUT2D eigenvalue weighted by atomic mass is 9.95. The number of hydrogen-bond donors (Lipinski definition) is 1. The van der Waals surface area contributed by atoms with Gasteiger partial charge >= 0.3 is 0 Å². The van der Waals surface area contributed by atoms with Crippen LogP contribution in [0.3, 0.4) is 0 Å². The summed E-state index contributed by atoms with van der Waals surface area (Å²) >= 11 is 1.61. The summed E-state index contributed by atoms with van der Waals surface area (Å²) in [6, 6.07) is 11.9. The third kappa shape index (κ3) is 5.57. The molecule has 1 aromatic carbocycles. The van der Waals surface area contributed by atoms with Crippen LogP contribution in [0.25, 0.3) is 0 Å². The summed E-state index contributed by atoms with van der Waals surface area (Å²) in [5.41, 5.74) is 1.17. The molecule has 3 rings (SSSR count). The topological polar surface area (TPSA) is 58.6 Å². The Morgan fingerprint density at radius 3 is 2.56 bits per heavy atom. The molecule has 1 aromatic heterocycles. The van der Waals surface area contributed by atoms with E-state index in [1.54, 1.807) is 18.4 Å². The number of carbonyl (C=O) groups excluding carboxylic acids is 2. The Morgan fingerprint density at radius 2 is 1.93 bits per heavy atom. The van der Waals surface area contributed by atoms with E-state index in [2.05, 4.69) is 5.32 Å². The fourth-order valence-electron chi connectivity index (χ4n) is 3.33. The predicted octanol–water partition coefficient (Wildman–Crippen LogP) is 2.90. The molecule has 0 spiro atoms. The van der Waals surface area contributed by atoms with Gasteiger partial charge in [-0.1, -0.05) is 18.2 Å². The quantitative estimate of drug-likeness (QED) is 0.796. The number of amides is 2. The van der Waals surface area contributed by atoms with E-state index in [4.69, 9.17) is 4.74 Å². The third-order valence-electron chi connectivity index (χ3n) is 5.00. The number of rotatable bonds is 7. The summed E-state index contributed by atoms with van der Waals surface area (Å²) in [7, 11) is 1.65. The molecule has 1 aliphatic rings. The molecule has 2 amide bonds. The lowest BCUT2D eigenvalue weighted by Crippen LogP contribution is -2.43. The van der Waals surface area contributed by atoms with Crippen molar-refractivity contribution in [3.8, 4) is 5.75 Å². The molecule has 0 unspecified atom stereocenters. The molecule has 0 bridgehead atoms. The normalized spacial score (nSPS) is 14.8. The summed E-state index contributed by atoms with van der Waals surface area (Å²) in [6.45, 7) is 1.96. The summed E-state index contributed by atoms with van der Waals surface area (Å²) in [5, 5.41) is 5.03. The van der Waals surface area contributed by atoms with E-state index in [-0.39, 0.29) is 17.7 Å². The standard InChI is InChI=1S/C21H26N2O3S/c1-26-18-6-4-16(5-7-18)8-11-22-21(25)17-9-12-23(13-10-17)20(24)15-19-3-2-14-27-19/h2-7,14,17H,8-13,15H2,1H3,(H,22,25). The van der Waals surface area contributed by atoms with Crippen molar-refractivity contribution in [3.05, 3.63) is 52.2 Å². The van der Waals surface area contributed by atoms with Crippen molar-refractivity contribution >= 4 is 23.2 Å². The molecule has 5 nitrogen and oxygen atoms in total. The van der Waals surface area contributed by atoms with Gasteiger partial charge in [0.25, 0.3) is 0 Å². The summed E-state index contributed by atoms with van der Waals surface area (Å²) in [5.74, 6) is 1.11. The Morgan fingerprint density at radius 1 is 1.19 bits per heavy atom. The molecular weight excluding hydrogens is 360 g/mol. The highest BCUT2D eigenvalue weighted by Crippen LogP contribution is 2.19. The van der Waals surface area contributed by atoms with E-state index < -0.39 is 0 Å². The highest BCUT2D eigenvalue weighted by atomic mass is 32.1. The van der Waals surface area contributed by atoms with Crippen molar-refractivity contribution < 1.29 is 14.3 Å². The monoisotopic (exact) mass is 386 g/mol. The molecule has 27 heavy (non-hydrogen) atoms.